The summed E-state index contributed by atoms with van der Waals surface area (Å²) in [6, 6.07) is 18.2. The molecule has 4 aliphatic rings. The van der Waals surface area contributed by atoms with Crippen molar-refractivity contribution in [3.63, 3.8) is 0 Å². The van der Waals surface area contributed by atoms with Crippen molar-refractivity contribution in [1.29, 1.82) is 0 Å². The Kier molecular flexibility index (Phi) is 2.58. The highest BCUT2D eigenvalue weighted by molar-refractivity contribution is 6.00. The molecule has 6 rings (SSSR count). The monoisotopic (exact) mass is 320 g/mol. The second-order valence-corrected chi connectivity index (χ2v) is 7.49. The Morgan fingerprint density at radius 3 is 2.32 bits per heavy atom. The second-order valence-electron chi connectivity index (χ2n) is 7.49. The molecule has 1 spiro atoms. The van der Waals surface area contributed by atoms with Crippen LogP contribution >= 0.6 is 0 Å². The molecule has 0 radical (unpaired) electrons. The Hall–Kier alpha value is -2.60. The van der Waals surface area contributed by atoms with E-state index in [1.165, 1.54) is 45.4 Å². The van der Waals surface area contributed by atoms with Crippen molar-refractivity contribution < 1.29 is 0 Å². The van der Waals surface area contributed by atoms with Crippen molar-refractivity contribution >= 4 is 11.1 Å². The van der Waals surface area contributed by atoms with Crippen LogP contribution in [0.3, 0.4) is 0 Å². The van der Waals surface area contributed by atoms with Gasteiger partial charge in [-0.1, -0.05) is 72.8 Å². The molecule has 0 saturated carbocycles. The van der Waals surface area contributed by atoms with Gasteiger partial charge in [0.05, 0.1) is 5.41 Å². The molecular weight excluding hydrogens is 300 g/mol. The third-order valence-electron chi connectivity index (χ3n) is 6.41. The van der Waals surface area contributed by atoms with Gasteiger partial charge in [0.1, 0.15) is 0 Å². The molecule has 0 N–H and O–H groups in total. The van der Waals surface area contributed by atoms with Crippen molar-refractivity contribution in [2.24, 2.45) is 0 Å². The standard InChI is InChI=1S/C25H20/c1-5-13-21-17(9-1)18-10-2-6-14-22(18)25(21)23-15-7-3-11-19(23)20-12-4-8-16-24(20)25/h1,3,5-7,9,11-16H,2,4,8,10H2. The molecule has 0 bridgehead atoms. The largest absolute Gasteiger partial charge is 0.0839 e. The van der Waals surface area contributed by atoms with E-state index in [0.29, 0.717) is 0 Å². The topological polar surface area (TPSA) is 0 Å². The van der Waals surface area contributed by atoms with Crippen LogP contribution in [0.2, 0.25) is 0 Å². The molecule has 0 saturated heterocycles. The average Bonchev–Trinajstić information content (AvgIpc) is 3.16. The number of benzene rings is 2. The van der Waals surface area contributed by atoms with Crippen molar-refractivity contribution in [2.45, 2.75) is 31.1 Å². The van der Waals surface area contributed by atoms with Crippen molar-refractivity contribution in [3.05, 3.63) is 106 Å². The van der Waals surface area contributed by atoms with Crippen LogP contribution in [-0.4, -0.2) is 0 Å². The zero-order valence-corrected chi connectivity index (χ0v) is 14.3. The minimum absolute atomic E-state index is 0.0777. The fraction of sp³-hybridized carbons (Fsp3) is 0.200. The van der Waals surface area contributed by atoms with Crippen LogP contribution in [-0.2, 0) is 5.41 Å². The van der Waals surface area contributed by atoms with Crippen molar-refractivity contribution in [2.75, 3.05) is 0 Å². The number of rotatable bonds is 0. The van der Waals surface area contributed by atoms with Gasteiger partial charge in [-0.3, -0.25) is 0 Å². The van der Waals surface area contributed by atoms with Crippen LogP contribution in [0.5, 0.6) is 0 Å². The molecule has 25 heavy (non-hydrogen) atoms. The van der Waals surface area contributed by atoms with Gasteiger partial charge in [-0.2, -0.15) is 0 Å². The molecule has 0 aromatic heterocycles. The maximum Gasteiger partial charge on any atom is 0.0719 e. The Labute approximate surface area is 148 Å². The van der Waals surface area contributed by atoms with E-state index in [9.17, 15) is 0 Å². The summed E-state index contributed by atoms with van der Waals surface area (Å²) in [4.78, 5) is 0. The molecule has 0 amide bonds. The fourth-order valence-corrected chi connectivity index (χ4v) is 5.57. The minimum Gasteiger partial charge on any atom is -0.0839 e. The van der Waals surface area contributed by atoms with E-state index in [1.54, 1.807) is 5.57 Å². The SMILES string of the molecule is C1=CC2=C(CC1)c1ccccc1C21C2=CCCC=C2c2ccccc21. The zero-order valence-electron chi connectivity index (χ0n) is 14.3. The third-order valence-corrected chi connectivity index (χ3v) is 6.41. The first-order chi connectivity index (χ1) is 12.4. The summed E-state index contributed by atoms with van der Waals surface area (Å²) in [6.07, 6.45) is 14.4. The molecule has 1 unspecified atom stereocenters. The maximum atomic E-state index is 2.52. The van der Waals surface area contributed by atoms with Gasteiger partial charge < -0.3 is 0 Å². The highest BCUT2D eigenvalue weighted by atomic mass is 14.5. The number of hydrogen-bond donors (Lipinski definition) is 0. The van der Waals surface area contributed by atoms with Gasteiger partial charge in [-0.05, 0) is 70.2 Å². The summed E-state index contributed by atoms with van der Waals surface area (Å²) in [5, 5.41) is 0. The maximum absolute atomic E-state index is 2.52. The van der Waals surface area contributed by atoms with Gasteiger partial charge in [-0.15, -0.1) is 0 Å². The number of fused-ring (bicyclic) bond motifs is 9. The molecule has 1 atom stereocenters. The van der Waals surface area contributed by atoms with E-state index >= 15 is 0 Å². The lowest BCUT2D eigenvalue weighted by molar-refractivity contribution is 0.770. The Morgan fingerprint density at radius 2 is 1.44 bits per heavy atom. The van der Waals surface area contributed by atoms with Crippen LogP contribution in [0.25, 0.3) is 11.1 Å². The summed E-state index contributed by atoms with van der Waals surface area (Å²) in [6.45, 7) is 0. The normalized spacial score (nSPS) is 25.3. The Morgan fingerprint density at radius 1 is 0.720 bits per heavy atom. The van der Waals surface area contributed by atoms with Gasteiger partial charge in [0, 0.05) is 0 Å². The van der Waals surface area contributed by atoms with Crippen LogP contribution in [0.4, 0.5) is 0 Å². The van der Waals surface area contributed by atoms with Crippen molar-refractivity contribution in [1.82, 2.24) is 0 Å². The quantitative estimate of drug-likeness (QED) is 0.541. The molecule has 120 valence electrons. The summed E-state index contributed by atoms with van der Waals surface area (Å²) in [5.41, 5.74) is 11.9. The summed E-state index contributed by atoms with van der Waals surface area (Å²) >= 11 is 0. The van der Waals surface area contributed by atoms with Crippen LogP contribution in [0.1, 0.15) is 47.9 Å². The first-order valence-corrected chi connectivity index (χ1v) is 9.43. The number of hydrogen-bond acceptors (Lipinski definition) is 0. The van der Waals surface area contributed by atoms with Gasteiger partial charge >= 0.3 is 0 Å². The molecule has 2 aromatic carbocycles. The predicted octanol–water partition coefficient (Wildman–Crippen LogP) is 6.21. The Bertz CT molecular complexity index is 1040. The number of allylic oxidation sites excluding steroid dienone is 8. The lowest BCUT2D eigenvalue weighted by Gasteiger charge is -2.33. The lowest BCUT2D eigenvalue weighted by Crippen LogP contribution is -2.27. The molecule has 0 nitrogen and oxygen atoms in total. The van der Waals surface area contributed by atoms with E-state index in [-0.39, 0.29) is 5.41 Å². The molecule has 2 aromatic rings. The van der Waals surface area contributed by atoms with E-state index in [4.69, 9.17) is 0 Å². The van der Waals surface area contributed by atoms with E-state index in [0.717, 1.165) is 19.3 Å². The van der Waals surface area contributed by atoms with E-state index in [1.807, 2.05) is 0 Å². The first kappa shape index (κ1) is 13.7. The van der Waals surface area contributed by atoms with E-state index < -0.39 is 0 Å². The lowest BCUT2D eigenvalue weighted by atomic mass is 9.68. The van der Waals surface area contributed by atoms with E-state index in [2.05, 4.69) is 72.8 Å². The molecule has 4 aliphatic carbocycles. The van der Waals surface area contributed by atoms with Gasteiger partial charge in [-0.25, -0.2) is 0 Å². The van der Waals surface area contributed by atoms with Crippen LogP contribution < -0.4 is 0 Å². The smallest absolute Gasteiger partial charge is 0.0719 e. The van der Waals surface area contributed by atoms with Crippen LogP contribution in [0, 0.1) is 0 Å². The predicted molar refractivity (Wildman–Crippen MR) is 104 cm³/mol. The van der Waals surface area contributed by atoms with Crippen LogP contribution in [0.15, 0.2) is 84.0 Å². The molecule has 0 aliphatic heterocycles. The van der Waals surface area contributed by atoms with Gasteiger partial charge in [0.25, 0.3) is 0 Å². The second kappa shape index (κ2) is 4.73. The minimum atomic E-state index is -0.0777. The summed E-state index contributed by atoms with van der Waals surface area (Å²) < 4.78 is 0. The zero-order chi connectivity index (χ0) is 16.4. The van der Waals surface area contributed by atoms with Crippen molar-refractivity contribution in [3.8, 4) is 0 Å². The molecular formula is C25H20. The molecule has 0 fully saturated rings. The summed E-state index contributed by atoms with van der Waals surface area (Å²) in [5.74, 6) is 0. The first-order valence-electron chi connectivity index (χ1n) is 9.43. The summed E-state index contributed by atoms with van der Waals surface area (Å²) in [7, 11) is 0. The highest BCUT2D eigenvalue weighted by Crippen LogP contribution is 2.64. The van der Waals surface area contributed by atoms with Gasteiger partial charge in [0.2, 0.25) is 0 Å². The molecule has 0 heteroatoms. The third kappa shape index (κ3) is 1.49. The van der Waals surface area contributed by atoms with Gasteiger partial charge in [0.15, 0.2) is 0 Å². The Balaban J connectivity index is 1.81. The fourth-order valence-electron chi connectivity index (χ4n) is 5.57. The average molecular weight is 320 g/mol. The highest BCUT2D eigenvalue weighted by Gasteiger charge is 2.53. The molecule has 0 heterocycles.